The van der Waals surface area contributed by atoms with Crippen molar-refractivity contribution in [2.24, 2.45) is 0 Å². The van der Waals surface area contributed by atoms with Crippen molar-refractivity contribution in [1.29, 1.82) is 0 Å². The molecule has 2 aromatic carbocycles. The number of rotatable bonds is 3. The number of fused-ring (bicyclic) bond motifs is 1. The van der Waals surface area contributed by atoms with Gasteiger partial charge in [0, 0.05) is 45.3 Å². The van der Waals surface area contributed by atoms with Gasteiger partial charge < -0.3 is 4.57 Å². The van der Waals surface area contributed by atoms with E-state index in [-0.39, 0.29) is 5.69 Å². The van der Waals surface area contributed by atoms with Gasteiger partial charge in [0.15, 0.2) is 0 Å². The maximum atomic E-state index is 10.8. The molecule has 0 fully saturated rings. The van der Waals surface area contributed by atoms with E-state index in [1.54, 1.807) is 6.07 Å². The molecule has 0 bridgehead atoms. The summed E-state index contributed by atoms with van der Waals surface area (Å²) >= 11 is 9.38. The van der Waals surface area contributed by atoms with Gasteiger partial charge in [-0.2, -0.15) is 0 Å². The lowest BCUT2D eigenvalue weighted by Gasteiger charge is -2.08. The van der Waals surface area contributed by atoms with E-state index in [4.69, 9.17) is 11.6 Å². The van der Waals surface area contributed by atoms with E-state index in [1.165, 1.54) is 12.1 Å². The molecule has 0 radical (unpaired) electrons. The zero-order valence-electron chi connectivity index (χ0n) is 10.8. The maximum absolute atomic E-state index is 10.8. The highest BCUT2D eigenvalue weighted by atomic mass is 79.9. The van der Waals surface area contributed by atoms with Gasteiger partial charge in [0.1, 0.15) is 0 Å². The molecule has 21 heavy (non-hydrogen) atoms. The molecule has 1 aromatic heterocycles. The van der Waals surface area contributed by atoms with E-state index >= 15 is 0 Å². The molecule has 4 nitrogen and oxygen atoms in total. The van der Waals surface area contributed by atoms with Crippen molar-refractivity contribution in [3.05, 3.63) is 73.8 Å². The van der Waals surface area contributed by atoms with Crippen LogP contribution in [0.3, 0.4) is 0 Å². The van der Waals surface area contributed by atoms with E-state index < -0.39 is 4.92 Å². The standard InChI is InChI=1S/C15H10BrClN2O2/c16-14-8-13(19(20)21)3-1-11(14)9-18-6-5-10-7-12(17)2-4-15(10)18/h1-8H,9H2. The van der Waals surface area contributed by atoms with Crippen molar-refractivity contribution < 1.29 is 4.92 Å². The Labute approximate surface area is 134 Å². The first-order valence-corrected chi connectivity index (χ1v) is 7.39. The van der Waals surface area contributed by atoms with Crippen molar-refractivity contribution in [3.63, 3.8) is 0 Å². The average molecular weight is 366 g/mol. The summed E-state index contributed by atoms with van der Waals surface area (Å²) in [6, 6.07) is 12.5. The quantitative estimate of drug-likeness (QED) is 0.483. The van der Waals surface area contributed by atoms with Crippen LogP contribution >= 0.6 is 27.5 Å². The lowest BCUT2D eigenvalue weighted by Crippen LogP contribution is -1.99. The van der Waals surface area contributed by atoms with Crippen molar-refractivity contribution in [1.82, 2.24) is 4.57 Å². The van der Waals surface area contributed by atoms with Crippen LogP contribution in [0.5, 0.6) is 0 Å². The highest BCUT2D eigenvalue weighted by Crippen LogP contribution is 2.26. The van der Waals surface area contributed by atoms with E-state index in [0.717, 1.165) is 20.9 Å². The molecule has 0 aliphatic rings. The fraction of sp³-hybridized carbons (Fsp3) is 0.0667. The Kier molecular flexibility index (Phi) is 3.69. The molecule has 3 aromatic rings. The Hall–Kier alpha value is -1.85. The SMILES string of the molecule is O=[N+]([O-])c1ccc(Cn2ccc3cc(Cl)ccc32)c(Br)c1. The minimum atomic E-state index is -0.401. The van der Waals surface area contributed by atoms with Gasteiger partial charge >= 0.3 is 0 Å². The molecular formula is C15H10BrClN2O2. The Morgan fingerprint density at radius 3 is 2.71 bits per heavy atom. The molecule has 3 rings (SSSR count). The van der Waals surface area contributed by atoms with Crippen LogP contribution in [0.15, 0.2) is 53.1 Å². The van der Waals surface area contributed by atoms with E-state index in [2.05, 4.69) is 20.5 Å². The van der Waals surface area contributed by atoms with Crippen LogP contribution in [0.2, 0.25) is 5.02 Å². The molecule has 0 aliphatic carbocycles. The topological polar surface area (TPSA) is 48.1 Å². The third-order valence-electron chi connectivity index (χ3n) is 3.32. The summed E-state index contributed by atoms with van der Waals surface area (Å²) in [5.74, 6) is 0. The van der Waals surface area contributed by atoms with Gasteiger partial charge in [-0.3, -0.25) is 10.1 Å². The van der Waals surface area contributed by atoms with Crippen molar-refractivity contribution in [3.8, 4) is 0 Å². The summed E-state index contributed by atoms with van der Waals surface area (Å²) in [7, 11) is 0. The summed E-state index contributed by atoms with van der Waals surface area (Å²) in [4.78, 5) is 10.4. The minimum absolute atomic E-state index is 0.0785. The van der Waals surface area contributed by atoms with Crippen LogP contribution in [0.25, 0.3) is 10.9 Å². The Morgan fingerprint density at radius 1 is 1.19 bits per heavy atom. The third kappa shape index (κ3) is 2.80. The molecule has 0 amide bonds. The lowest BCUT2D eigenvalue weighted by atomic mass is 10.2. The highest BCUT2D eigenvalue weighted by Gasteiger charge is 2.10. The molecule has 1 heterocycles. The zero-order chi connectivity index (χ0) is 15.0. The van der Waals surface area contributed by atoms with Crippen LogP contribution in [-0.2, 0) is 6.54 Å². The number of benzene rings is 2. The van der Waals surface area contributed by atoms with Gasteiger partial charge in [-0.05, 0) is 35.9 Å². The summed E-state index contributed by atoms with van der Waals surface area (Å²) in [6.45, 7) is 0.629. The molecule has 0 aliphatic heterocycles. The number of aromatic nitrogens is 1. The first-order valence-electron chi connectivity index (χ1n) is 6.22. The summed E-state index contributed by atoms with van der Waals surface area (Å²) < 4.78 is 2.81. The number of hydrogen-bond acceptors (Lipinski definition) is 2. The molecule has 0 spiro atoms. The average Bonchev–Trinajstić information content (AvgIpc) is 2.83. The Morgan fingerprint density at radius 2 is 2.00 bits per heavy atom. The first-order chi connectivity index (χ1) is 10.0. The molecule has 106 valence electrons. The number of nitro benzene ring substituents is 1. The second-order valence-corrected chi connectivity index (χ2v) is 5.97. The number of nitrogens with zero attached hydrogens (tertiary/aromatic N) is 2. The first kappa shape index (κ1) is 14.1. The van der Waals surface area contributed by atoms with Gasteiger partial charge in [-0.15, -0.1) is 0 Å². The van der Waals surface area contributed by atoms with Gasteiger partial charge in [0.2, 0.25) is 0 Å². The largest absolute Gasteiger partial charge is 0.343 e. The van der Waals surface area contributed by atoms with Crippen LogP contribution in [0.4, 0.5) is 5.69 Å². The van der Waals surface area contributed by atoms with Crippen LogP contribution < -0.4 is 0 Å². The van der Waals surface area contributed by atoms with Gasteiger partial charge in [0.05, 0.1) is 4.92 Å². The predicted molar refractivity (Wildman–Crippen MR) is 86.8 cm³/mol. The molecule has 0 N–H and O–H groups in total. The summed E-state index contributed by atoms with van der Waals surface area (Å²) in [6.07, 6.45) is 1.98. The molecule has 0 saturated carbocycles. The Bertz CT molecular complexity index is 845. The van der Waals surface area contributed by atoms with Crippen molar-refractivity contribution in [2.45, 2.75) is 6.54 Å². The molecule has 0 atom stereocenters. The fourth-order valence-electron chi connectivity index (χ4n) is 2.27. The molecule has 0 saturated heterocycles. The second-order valence-electron chi connectivity index (χ2n) is 4.68. The monoisotopic (exact) mass is 364 g/mol. The van der Waals surface area contributed by atoms with Gasteiger partial charge in [-0.1, -0.05) is 27.5 Å². The third-order valence-corrected chi connectivity index (χ3v) is 4.29. The maximum Gasteiger partial charge on any atom is 0.270 e. The van der Waals surface area contributed by atoms with Crippen LogP contribution in [-0.4, -0.2) is 9.49 Å². The summed E-state index contributed by atoms with van der Waals surface area (Å²) in [5, 5.41) is 12.5. The van der Waals surface area contributed by atoms with Crippen LogP contribution in [0.1, 0.15) is 5.56 Å². The van der Waals surface area contributed by atoms with Gasteiger partial charge in [-0.25, -0.2) is 0 Å². The van der Waals surface area contributed by atoms with Crippen molar-refractivity contribution in [2.75, 3.05) is 0 Å². The second kappa shape index (κ2) is 5.50. The highest BCUT2D eigenvalue weighted by molar-refractivity contribution is 9.10. The van der Waals surface area contributed by atoms with Gasteiger partial charge in [0.25, 0.3) is 5.69 Å². The minimum Gasteiger partial charge on any atom is -0.343 e. The summed E-state index contributed by atoms with van der Waals surface area (Å²) in [5.41, 5.74) is 2.13. The smallest absolute Gasteiger partial charge is 0.270 e. The number of hydrogen-bond donors (Lipinski definition) is 0. The number of nitro groups is 1. The number of halogens is 2. The molecule has 0 unspecified atom stereocenters. The van der Waals surface area contributed by atoms with E-state index in [9.17, 15) is 10.1 Å². The lowest BCUT2D eigenvalue weighted by molar-refractivity contribution is -0.384. The molecular weight excluding hydrogens is 356 g/mol. The number of non-ortho nitro benzene ring substituents is 1. The normalized spacial score (nSPS) is 11.0. The molecule has 6 heteroatoms. The van der Waals surface area contributed by atoms with Crippen molar-refractivity contribution >= 4 is 44.1 Å². The fourth-order valence-corrected chi connectivity index (χ4v) is 2.94. The zero-order valence-corrected chi connectivity index (χ0v) is 13.1. The van der Waals surface area contributed by atoms with E-state index in [0.29, 0.717) is 11.6 Å². The predicted octanol–water partition coefficient (Wildman–Crippen LogP) is 5.01. The Balaban J connectivity index is 1.97. The van der Waals surface area contributed by atoms with Crippen LogP contribution in [0, 0.1) is 10.1 Å². The van der Waals surface area contributed by atoms with E-state index in [1.807, 2.05) is 30.5 Å².